The van der Waals surface area contributed by atoms with E-state index in [0.717, 1.165) is 5.56 Å². The first-order valence-electron chi connectivity index (χ1n) is 8.70. The molecule has 136 valence electrons. The van der Waals surface area contributed by atoms with Crippen molar-refractivity contribution in [2.45, 2.75) is 39.5 Å². The summed E-state index contributed by atoms with van der Waals surface area (Å²) < 4.78 is 10.5. The summed E-state index contributed by atoms with van der Waals surface area (Å²) in [5.74, 6) is -1.09. The fraction of sp³-hybridized carbons (Fsp3) is 0.429. The summed E-state index contributed by atoms with van der Waals surface area (Å²) in [5.41, 5.74) is 0.228. The van der Waals surface area contributed by atoms with Crippen molar-refractivity contribution in [2.75, 3.05) is 13.2 Å². The number of ether oxygens (including phenoxy) is 2. The Balaban J connectivity index is 3.19. The molecule has 0 N–H and O–H groups in total. The van der Waals surface area contributed by atoms with Crippen LogP contribution < -0.4 is 0 Å². The topological polar surface area (TPSA) is 52.6 Å². The lowest BCUT2D eigenvalue weighted by Crippen LogP contribution is -2.42. The molecule has 4 nitrogen and oxygen atoms in total. The number of esters is 2. The van der Waals surface area contributed by atoms with Gasteiger partial charge >= 0.3 is 11.9 Å². The summed E-state index contributed by atoms with van der Waals surface area (Å²) in [6, 6.07) is 9.52. The molecule has 0 aliphatic heterocycles. The van der Waals surface area contributed by atoms with E-state index in [0.29, 0.717) is 24.8 Å². The van der Waals surface area contributed by atoms with Crippen molar-refractivity contribution in [3.8, 4) is 0 Å². The fourth-order valence-corrected chi connectivity index (χ4v) is 2.75. The number of unbranched alkanes of at least 4 members (excludes halogenated alkanes) is 1. The van der Waals surface area contributed by atoms with Gasteiger partial charge in [0.1, 0.15) is 0 Å². The minimum absolute atomic E-state index is 0.172. The van der Waals surface area contributed by atoms with Gasteiger partial charge in [0.15, 0.2) is 5.41 Å². The maximum Gasteiger partial charge on any atom is 0.323 e. The van der Waals surface area contributed by atoms with E-state index in [9.17, 15) is 9.59 Å². The Bertz CT molecular complexity index is 571. The number of hydrogen-bond donors (Lipinski definition) is 0. The SMILES string of the molecule is C=CCCCC(CC(=C)c1ccccc1)(C(=O)OCC)C(=O)OCC. The Hall–Kier alpha value is -2.36. The minimum atomic E-state index is -1.37. The van der Waals surface area contributed by atoms with Crippen LogP contribution in [-0.2, 0) is 19.1 Å². The van der Waals surface area contributed by atoms with Gasteiger partial charge in [0.05, 0.1) is 13.2 Å². The number of rotatable bonds is 11. The molecule has 0 unspecified atom stereocenters. The van der Waals surface area contributed by atoms with Gasteiger partial charge in [0.2, 0.25) is 0 Å². The van der Waals surface area contributed by atoms with Crippen molar-refractivity contribution in [1.82, 2.24) is 0 Å². The smallest absolute Gasteiger partial charge is 0.323 e. The molecule has 4 heteroatoms. The van der Waals surface area contributed by atoms with Gasteiger partial charge in [-0.3, -0.25) is 9.59 Å². The third kappa shape index (κ3) is 5.59. The van der Waals surface area contributed by atoms with Gasteiger partial charge in [-0.15, -0.1) is 6.58 Å². The van der Waals surface area contributed by atoms with Crippen LogP contribution in [0.1, 0.15) is 45.1 Å². The van der Waals surface area contributed by atoms with Crippen LogP contribution in [0, 0.1) is 5.41 Å². The highest BCUT2D eigenvalue weighted by molar-refractivity contribution is 6.01. The normalized spacial score (nSPS) is 10.8. The predicted octanol–water partition coefficient (Wildman–Crippen LogP) is 4.56. The maximum absolute atomic E-state index is 12.8. The zero-order valence-electron chi connectivity index (χ0n) is 15.3. The van der Waals surface area contributed by atoms with Crippen LogP contribution in [-0.4, -0.2) is 25.2 Å². The molecule has 1 aromatic carbocycles. The van der Waals surface area contributed by atoms with E-state index in [4.69, 9.17) is 9.47 Å². The van der Waals surface area contributed by atoms with E-state index in [1.165, 1.54) is 0 Å². The van der Waals surface area contributed by atoms with E-state index in [1.54, 1.807) is 19.9 Å². The van der Waals surface area contributed by atoms with Gasteiger partial charge in [-0.05, 0) is 50.7 Å². The number of hydrogen-bond acceptors (Lipinski definition) is 4. The largest absolute Gasteiger partial charge is 0.465 e. The van der Waals surface area contributed by atoms with Crippen LogP contribution in [0.2, 0.25) is 0 Å². The highest BCUT2D eigenvalue weighted by atomic mass is 16.6. The molecule has 0 fully saturated rings. The zero-order valence-corrected chi connectivity index (χ0v) is 15.3. The summed E-state index contributed by atoms with van der Waals surface area (Å²) in [7, 11) is 0. The maximum atomic E-state index is 12.8. The third-order valence-corrected chi connectivity index (χ3v) is 4.04. The molecule has 0 spiro atoms. The van der Waals surface area contributed by atoms with Crippen molar-refractivity contribution < 1.29 is 19.1 Å². The lowest BCUT2D eigenvalue weighted by molar-refractivity contribution is -0.172. The highest BCUT2D eigenvalue weighted by Crippen LogP contribution is 2.38. The Morgan fingerprint density at radius 1 is 1.08 bits per heavy atom. The minimum Gasteiger partial charge on any atom is -0.465 e. The van der Waals surface area contributed by atoms with Crippen LogP contribution in [0.15, 0.2) is 49.6 Å². The van der Waals surface area contributed by atoms with Crippen LogP contribution in [0.3, 0.4) is 0 Å². The van der Waals surface area contributed by atoms with Gasteiger partial charge in [0, 0.05) is 0 Å². The molecule has 0 atom stereocenters. The Morgan fingerprint density at radius 3 is 2.12 bits per heavy atom. The van der Waals surface area contributed by atoms with Crippen molar-refractivity contribution in [3.05, 3.63) is 55.1 Å². The van der Waals surface area contributed by atoms with Gasteiger partial charge in [0.25, 0.3) is 0 Å². The molecule has 0 radical (unpaired) electrons. The molecule has 25 heavy (non-hydrogen) atoms. The van der Waals surface area contributed by atoms with E-state index >= 15 is 0 Å². The number of allylic oxidation sites excluding steroid dienone is 2. The standard InChI is InChI=1S/C21H28O4/c1-5-8-12-15-21(19(22)24-6-2,20(23)25-7-3)16-17(4)18-13-10-9-11-14-18/h5,9-11,13-14H,1,4,6-8,12,15-16H2,2-3H3. The van der Waals surface area contributed by atoms with Gasteiger partial charge in [-0.2, -0.15) is 0 Å². The third-order valence-electron chi connectivity index (χ3n) is 4.04. The molecule has 0 aliphatic carbocycles. The molecular weight excluding hydrogens is 316 g/mol. The molecule has 0 saturated heterocycles. The fourth-order valence-electron chi connectivity index (χ4n) is 2.75. The highest BCUT2D eigenvalue weighted by Gasteiger charge is 2.48. The molecule has 0 amide bonds. The second kappa shape index (κ2) is 10.5. The van der Waals surface area contributed by atoms with E-state index in [1.807, 2.05) is 30.3 Å². The number of carbonyl (C=O) groups excluding carboxylic acids is 2. The first kappa shape index (κ1) is 20.7. The van der Waals surface area contributed by atoms with Crippen LogP contribution >= 0.6 is 0 Å². The van der Waals surface area contributed by atoms with Crippen LogP contribution in [0.4, 0.5) is 0 Å². The first-order valence-corrected chi connectivity index (χ1v) is 8.70. The average Bonchev–Trinajstić information content (AvgIpc) is 2.62. The summed E-state index contributed by atoms with van der Waals surface area (Å²) in [6.45, 7) is 11.7. The molecule has 0 aliphatic rings. The van der Waals surface area contributed by atoms with Crippen molar-refractivity contribution >= 4 is 17.5 Å². The monoisotopic (exact) mass is 344 g/mol. The van der Waals surface area contributed by atoms with Crippen LogP contribution in [0.25, 0.3) is 5.57 Å². The zero-order chi connectivity index (χ0) is 18.7. The Kier molecular flexibility index (Phi) is 8.68. The molecule has 0 aromatic heterocycles. The summed E-state index contributed by atoms with van der Waals surface area (Å²) in [4.78, 5) is 25.5. The second-order valence-corrected chi connectivity index (χ2v) is 5.85. The number of benzene rings is 1. The quantitative estimate of drug-likeness (QED) is 0.256. The molecular formula is C21H28O4. The van der Waals surface area contributed by atoms with E-state index < -0.39 is 17.4 Å². The van der Waals surface area contributed by atoms with Gasteiger partial charge in [-0.1, -0.05) is 43.0 Å². The van der Waals surface area contributed by atoms with Crippen molar-refractivity contribution in [1.29, 1.82) is 0 Å². The summed E-state index contributed by atoms with van der Waals surface area (Å²) in [5, 5.41) is 0. The van der Waals surface area contributed by atoms with Crippen molar-refractivity contribution in [2.24, 2.45) is 5.41 Å². The summed E-state index contributed by atoms with van der Waals surface area (Å²) in [6.07, 6.45) is 3.63. The second-order valence-electron chi connectivity index (χ2n) is 5.85. The summed E-state index contributed by atoms with van der Waals surface area (Å²) >= 11 is 0. The molecule has 0 saturated carbocycles. The molecule has 0 heterocycles. The predicted molar refractivity (Wildman–Crippen MR) is 99.8 cm³/mol. The average molecular weight is 344 g/mol. The molecule has 1 rings (SSSR count). The number of carbonyl (C=O) groups is 2. The lowest BCUT2D eigenvalue weighted by Gasteiger charge is -2.30. The van der Waals surface area contributed by atoms with Crippen LogP contribution in [0.5, 0.6) is 0 Å². The molecule has 0 bridgehead atoms. The first-order chi connectivity index (χ1) is 12.0. The lowest BCUT2D eigenvalue weighted by atomic mass is 9.76. The van der Waals surface area contributed by atoms with Gasteiger partial charge < -0.3 is 9.47 Å². The van der Waals surface area contributed by atoms with Crippen molar-refractivity contribution in [3.63, 3.8) is 0 Å². The Morgan fingerprint density at radius 2 is 1.64 bits per heavy atom. The Labute approximate surface area is 150 Å². The van der Waals surface area contributed by atoms with E-state index in [2.05, 4.69) is 13.2 Å². The molecule has 1 aromatic rings. The van der Waals surface area contributed by atoms with Gasteiger partial charge in [-0.25, -0.2) is 0 Å². The van der Waals surface area contributed by atoms with E-state index in [-0.39, 0.29) is 19.6 Å².